The standard InChI is InChI=1S/2C11H16O3/c2*1-6(12)5-8-10(14)9(13)7(2)11(8,3)4/h8,13H,5H2,1-4H3;7,14H,5H2,1-4H3. The number of carbonyl (C=O) groups excluding carboxylic acids is 4. The number of hydrogen-bond donors (Lipinski definition) is 2. The lowest BCUT2D eigenvalue weighted by Gasteiger charge is -2.26. The molecule has 0 spiro atoms. The zero-order chi connectivity index (χ0) is 22.2. The van der Waals surface area contributed by atoms with E-state index in [0.717, 1.165) is 0 Å². The fraction of sp³-hybridized carbons (Fsp3) is 0.636. The van der Waals surface area contributed by atoms with E-state index in [1.807, 2.05) is 27.7 Å². The van der Waals surface area contributed by atoms with Gasteiger partial charge >= 0.3 is 0 Å². The van der Waals surface area contributed by atoms with E-state index in [0.29, 0.717) is 11.1 Å². The Morgan fingerprint density at radius 2 is 1.39 bits per heavy atom. The molecule has 0 aromatic carbocycles. The van der Waals surface area contributed by atoms with Gasteiger partial charge in [0.15, 0.2) is 11.5 Å². The normalized spacial score (nSPS) is 25.7. The molecule has 0 aromatic heterocycles. The highest BCUT2D eigenvalue weighted by atomic mass is 16.3. The van der Waals surface area contributed by atoms with Gasteiger partial charge in [-0.05, 0) is 42.7 Å². The van der Waals surface area contributed by atoms with Crippen molar-refractivity contribution in [3.05, 3.63) is 22.7 Å². The molecule has 2 unspecified atom stereocenters. The van der Waals surface area contributed by atoms with Crippen molar-refractivity contribution in [2.24, 2.45) is 22.7 Å². The lowest BCUT2D eigenvalue weighted by molar-refractivity contribution is -0.127. The highest BCUT2D eigenvalue weighted by molar-refractivity contribution is 6.01. The minimum atomic E-state index is -0.396. The summed E-state index contributed by atoms with van der Waals surface area (Å²) in [5.41, 5.74) is 0.482. The van der Waals surface area contributed by atoms with Crippen LogP contribution in [0, 0.1) is 22.7 Å². The summed E-state index contributed by atoms with van der Waals surface area (Å²) in [6.07, 6.45) is 0.391. The van der Waals surface area contributed by atoms with Gasteiger partial charge in [0.2, 0.25) is 11.6 Å². The molecule has 0 bridgehead atoms. The Hall–Kier alpha value is -2.24. The second kappa shape index (κ2) is 8.02. The Kier molecular flexibility index (Phi) is 6.81. The predicted octanol–water partition coefficient (Wildman–Crippen LogP) is 4.05. The van der Waals surface area contributed by atoms with Gasteiger partial charge in [0.05, 0.1) is 0 Å². The molecule has 6 heteroatoms. The zero-order valence-electron chi connectivity index (χ0n) is 18.1. The van der Waals surface area contributed by atoms with Crippen LogP contribution in [0.4, 0.5) is 0 Å². The van der Waals surface area contributed by atoms with Crippen LogP contribution in [0.3, 0.4) is 0 Å². The molecule has 0 aliphatic heterocycles. The van der Waals surface area contributed by atoms with Crippen LogP contribution < -0.4 is 0 Å². The third kappa shape index (κ3) is 4.26. The number of ketones is 4. The molecule has 28 heavy (non-hydrogen) atoms. The fourth-order valence-electron chi connectivity index (χ4n) is 3.69. The number of hydrogen-bond acceptors (Lipinski definition) is 6. The maximum atomic E-state index is 11.6. The summed E-state index contributed by atoms with van der Waals surface area (Å²) in [6.45, 7) is 14.0. The molecule has 0 heterocycles. The van der Waals surface area contributed by atoms with Gasteiger partial charge in [-0.1, -0.05) is 34.6 Å². The van der Waals surface area contributed by atoms with Gasteiger partial charge in [0.1, 0.15) is 11.6 Å². The van der Waals surface area contributed by atoms with Crippen LogP contribution in [0.2, 0.25) is 0 Å². The van der Waals surface area contributed by atoms with Crippen LogP contribution in [-0.4, -0.2) is 33.3 Å². The van der Waals surface area contributed by atoms with E-state index >= 15 is 0 Å². The van der Waals surface area contributed by atoms with Gasteiger partial charge in [-0.15, -0.1) is 0 Å². The molecule has 2 atom stereocenters. The first-order chi connectivity index (χ1) is 12.6. The maximum Gasteiger partial charge on any atom is 0.201 e. The van der Waals surface area contributed by atoms with Crippen LogP contribution in [0.5, 0.6) is 0 Å². The van der Waals surface area contributed by atoms with Crippen molar-refractivity contribution >= 4 is 23.1 Å². The fourth-order valence-corrected chi connectivity index (χ4v) is 3.69. The molecule has 0 aromatic rings. The molecule has 0 saturated heterocycles. The van der Waals surface area contributed by atoms with E-state index in [1.165, 1.54) is 13.8 Å². The van der Waals surface area contributed by atoms with Crippen LogP contribution in [0.1, 0.15) is 68.2 Å². The van der Waals surface area contributed by atoms with Crippen molar-refractivity contribution in [2.75, 3.05) is 0 Å². The van der Waals surface area contributed by atoms with E-state index < -0.39 is 10.8 Å². The highest BCUT2D eigenvalue weighted by Crippen LogP contribution is 2.46. The third-order valence-corrected chi connectivity index (χ3v) is 6.43. The van der Waals surface area contributed by atoms with E-state index in [4.69, 9.17) is 0 Å². The lowest BCUT2D eigenvalue weighted by atomic mass is 9.75. The van der Waals surface area contributed by atoms with Crippen molar-refractivity contribution in [3.63, 3.8) is 0 Å². The number of aliphatic hydroxyl groups excluding tert-OH is 2. The number of aliphatic hydroxyl groups is 2. The Morgan fingerprint density at radius 3 is 1.68 bits per heavy atom. The third-order valence-electron chi connectivity index (χ3n) is 6.43. The van der Waals surface area contributed by atoms with Gasteiger partial charge in [0, 0.05) is 24.7 Å². The topological polar surface area (TPSA) is 109 Å². The summed E-state index contributed by atoms with van der Waals surface area (Å²) in [5, 5.41) is 19.1. The first-order valence-electron chi connectivity index (χ1n) is 9.46. The Morgan fingerprint density at radius 1 is 0.893 bits per heavy atom. The number of carbonyl (C=O) groups is 4. The smallest absolute Gasteiger partial charge is 0.201 e. The monoisotopic (exact) mass is 392 g/mol. The summed E-state index contributed by atoms with van der Waals surface area (Å²) in [4.78, 5) is 45.1. The average Bonchev–Trinajstić information content (AvgIpc) is 2.80. The number of allylic oxidation sites excluding steroid dienone is 4. The molecule has 0 fully saturated rings. The summed E-state index contributed by atoms with van der Waals surface area (Å²) < 4.78 is 0. The van der Waals surface area contributed by atoms with Crippen molar-refractivity contribution in [3.8, 4) is 0 Å². The van der Waals surface area contributed by atoms with Crippen molar-refractivity contribution in [2.45, 2.75) is 68.2 Å². The molecule has 2 rings (SSSR count). The summed E-state index contributed by atoms with van der Waals surface area (Å²) >= 11 is 0. The molecule has 6 nitrogen and oxygen atoms in total. The van der Waals surface area contributed by atoms with E-state index in [1.54, 1.807) is 13.8 Å². The minimum absolute atomic E-state index is 0.0149. The first kappa shape index (κ1) is 23.8. The zero-order valence-corrected chi connectivity index (χ0v) is 18.1. The van der Waals surface area contributed by atoms with E-state index in [2.05, 4.69) is 0 Å². The van der Waals surface area contributed by atoms with Crippen LogP contribution in [-0.2, 0) is 19.2 Å². The molecule has 2 N–H and O–H groups in total. The molecular formula is C22H32O6. The van der Waals surface area contributed by atoms with Gasteiger partial charge in [-0.2, -0.15) is 0 Å². The molecule has 2 aliphatic carbocycles. The molecular weight excluding hydrogens is 360 g/mol. The second-order valence-electron chi connectivity index (χ2n) is 9.03. The quantitative estimate of drug-likeness (QED) is 0.747. The minimum Gasteiger partial charge on any atom is -0.504 e. The molecule has 0 radical (unpaired) electrons. The Bertz CT molecular complexity index is 777. The number of rotatable bonds is 4. The number of Topliss-reactive ketones (excluding diaryl/α,β-unsaturated/α-hetero) is 4. The summed E-state index contributed by atoms with van der Waals surface area (Å²) in [7, 11) is 0. The SMILES string of the molecule is CC(=O)CC1=C(O)C(=O)C(C)C1(C)C.CC(=O)CC1C(=O)C(O)=C(C)C1(C)C. The highest BCUT2D eigenvalue weighted by Gasteiger charge is 2.46. The average molecular weight is 392 g/mol. The predicted molar refractivity (Wildman–Crippen MR) is 106 cm³/mol. The largest absolute Gasteiger partial charge is 0.504 e. The van der Waals surface area contributed by atoms with Crippen LogP contribution in [0.25, 0.3) is 0 Å². The molecule has 0 amide bonds. The van der Waals surface area contributed by atoms with Crippen LogP contribution >= 0.6 is 0 Å². The van der Waals surface area contributed by atoms with Crippen molar-refractivity contribution in [1.29, 1.82) is 0 Å². The summed E-state index contributed by atoms with van der Waals surface area (Å²) in [5.74, 6) is -1.55. The molecule has 156 valence electrons. The van der Waals surface area contributed by atoms with Gasteiger partial charge < -0.3 is 15.0 Å². The summed E-state index contributed by atoms with van der Waals surface area (Å²) in [6, 6.07) is 0. The van der Waals surface area contributed by atoms with Gasteiger partial charge in [0.25, 0.3) is 0 Å². The molecule has 0 saturated carbocycles. The lowest BCUT2D eigenvalue weighted by Crippen LogP contribution is -2.27. The Labute approximate surface area is 166 Å². The van der Waals surface area contributed by atoms with E-state index in [-0.39, 0.29) is 59.3 Å². The van der Waals surface area contributed by atoms with Crippen molar-refractivity contribution in [1.82, 2.24) is 0 Å². The Balaban J connectivity index is 0.000000280. The maximum absolute atomic E-state index is 11.6. The van der Waals surface area contributed by atoms with Gasteiger partial charge in [-0.25, -0.2) is 0 Å². The van der Waals surface area contributed by atoms with E-state index in [9.17, 15) is 29.4 Å². The van der Waals surface area contributed by atoms with Gasteiger partial charge in [-0.3, -0.25) is 14.4 Å². The first-order valence-corrected chi connectivity index (χ1v) is 9.46. The van der Waals surface area contributed by atoms with Crippen molar-refractivity contribution < 1.29 is 29.4 Å². The second-order valence-corrected chi connectivity index (χ2v) is 9.03. The molecule has 2 aliphatic rings. The van der Waals surface area contributed by atoms with Crippen LogP contribution in [0.15, 0.2) is 22.7 Å².